The van der Waals surface area contributed by atoms with E-state index in [0.717, 1.165) is 35.1 Å². The molecule has 2 aromatic carbocycles. The summed E-state index contributed by atoms with van der Waals surface area (Å²) in [4.78, 5) is 14.9. The number of hydrogen-bond acceptors (Lipinski definition) is 5. The Kier molecular flexibility index (Phi) is 5.31. The Balaban J connectivity index is 1.48. The lowest BCUT2D eigenvalue weighted by atomic mass is 10.0. The third-order valence-electron chi connectivity index (χ3n) is 4.48. The van der Waals surface area contributed by atoms with Gasteiger partial charge < -0.3 is 9.32 Å². The van der Waals surface area contributed by atoms with Crippen molar-refractivity contribution in [2.24, 2.45) is 0 Å². The average Bonchev–Trinajstić information content (AvgIpc) is 3.15. The van der Waals surface area contributed by atoms with Crippen LogP contribution in [0.4, 0.5) is 5.69 Å². The molecule has 0 N–H and O–H groups in total. The molecule has 1 amide bonds. The van der Waals surface area contributed by atoms with Gasteiger partial charge in [-0.1, -0.05) is 52.0 Å². The number of nitrogens with zero attached hydrogens (tertiary/aromatic N) is 3. The van der Waals surface area contributed by atoms with Crippen LogP contribution in [0, 0.1) is 0 Å². The molecular weight excluding hydrogens is 426 g/mol. The highest BCUT2D eigenvalue weighted by molar-refractivity contribution is 9.10. The summed E-state index contributed by atoms with van der Waals surface area (Å²) in [5.41, 5.74) is 3.08. The van der Waals surface area contributed by atoms with Gasteiger partial charge in [-0.15, -0.1) is 10.2 Å². The first-order valence-electron chi connectivity index (χ1n) is 8.77. The van der Waals surface area contributed by atoms with Crippen molar-refractivity contribution in [3.8, 4) is 11.5 Å². The van der Waals surface area contributed by atoms with Gasteiger partial charge in [0.05, 0.1) is 5.25 Å². The van der Waals surface area contributed by atoms with E-state index in [1.54, 1.807) is 0 Å². The Labute approximate surface area is 170 Å². The number of amides is 1. The molecule has 1 unspecified atom stereocenters. The Morgan fingerprint density at radius 2 is 2.07 bits per heavy atom. The molecule has 0 spiro atoms. The summed E-state index contributed by atoms with van der Waals surface area (Å²) < 4.78 is 6.70. The molecule has 4 rings (SSSR count). The van der Waals surface area contributed by atoms with Crippen molar-refractivity contribution in [3.05, 3.63) is 58.6 Å². The Bertz CT molecular complexity index is 975. The molecular formula is C20H18BrN3O2S. The van der Waals surface area contributed by atoms with Crippen LogP contribution < -0.4 is 4.90 Å². The average molecular weight is 444 g/mol. The number of hydrogen-bond donors (Lipinski definition) is 0. The number of aromatic nitrogens is 2. The highest BCUT2D eigenvalue weighted by Crippen LogP contribution is 2.32. The molecule has 0 fully saturated rings. The minimum Gasteiger partial charge on any atom is -0.411 e. The van der Waals surface area contributed by atoms with Crippen LogP contribution in [0.5, 0.6) is 0 Å². The molecule has 1 aliphatic heterocycles. The number of carbonyl (C=O) groups excluding carboxylic acids is 1. The van der Waals surface area contributed by atoms with Gasteiger partial charge in [0.1, 0.15) is 0 Å². The van der Waals surface area contributed by atoms with Gasteiger partial charge in [0.2, 0.25) is 11.8 Å². The van der Waals surface area contributed by atoms with Crippen LogP contribution in [0.25, 0.3) is 11.5 Å². The molecule has 5 nitrogen and oxygen atoms in total. The van der Waals surface area contributed by atoms with E-state index in [9.17, 15) is 4.79 Å². The molecule has 2 heterocycles. The van der Waals surface area contributed by atoms with E-state index >= 15 is 0 Å². The summed E-state index contributed by atoms with van der Waals surface area (Å²) in [6.07, 6.45) is 1.99. The second-order valence-corrected chi connectivity index (χ2v) is 8.57. The van der Waals surface area contributed by atoms with E-state index in [4.69, 9.17) is 4.42 Å². The predicted molar refractivity (Wildman–Crippen MR) is 110 cm³/mol. The molecule has 1 atom stereocenters. The van der Waals surface area contributed by atoms with E-state index < -0.39 is 0 Å². The first kappa shape index (κ1) is 18.3. The van der Waals surface area contributed by atoms with E-state index in [2.05, 4.69) is 32.2 Å². The van der Waals surface area contributed by atoms with Crippen LogP contribution in [0.1, 0.15) is 18.9 Å². The zero-order valence-electron chi connectivity index (χ0n) is 14.8. The van der Waals surface area contributed by atoms with E-state index in [1.165, 1.54) is 17.3 Å². The van der Waals surface area contributed by atoms with Crippen molar-refractivity contribution in [2.45, 2.75) is 30.2 Å². The van der Waals surface area contributed by atoms with Crippen molar-refractivity contribution >= 4 is 39.3 Å². The maximum atomic E-state index is 13.0. The fraction of sp³-hybridized carbons (Fsp3) is 0.250. The third-order valence-corrected chi connectivity index (χ3v) is 5.89. The van der Waals surface area contributed by atoms with Gasteiger partial charge in [0.15, 0.2) is 0 Å². The summed E-state index contributed by atoms with van der Waals surface area (Å²) in [6, 6.07) is 15.8. The zero-order chi connectivity index (χ0) is 18.8. The molecule has 3 aromatic rings. The SMILES string of the molecule is CC(Sc1nnc(-c2cccc(Br)c2)o1)C(=O)N1CCCc2ccccc21. The summed E-state index contributed by atoms with van der Waals surface area (Å²) in [5.74, 6) is 0.510. The molecule has 0 aliphatic carbocycles. The number of anilines is 1. The molecule has 0 saturated carbocycles. The molecule has 1 aromatic heterocycles. The lowest BCUT2D eigenvalue weighted by molar-refractivity contribution is -0.117. The number of rotatable bonds is 4. The second kappa shape index (κ2) is 7.86. The first-order valence-corrected chi connectivity index (χ1v) is 10.4. The maximum Gasteiger partial charge on any atom is 0.277 e. The van der Waals surface area contributed by atoms with Crippen LogP contribution in [0.15, 0.2) is 62.6 Å². The van der Waals surface area contributed by atoms with Crippen molar-refractivity contribution in [1.29, 1.82) is 0 Å². The molecule has 138 valence electrons. The largest absolute Gasteiger partial charge is 0.411 e. The quantitative estimate of drug-likeness (QED) is 0.533. The van der Waals surface area contributed by atoms with Gasteiger partial charge in [-0.2, -0.15) is 0 Å². The third kappa shape index (κ3) is 3.94. The molecule has 7 heteroatoms. The maximum absolute atomic E-state index is 13.0. The number of para-hydroxylation sites is 1. The molecule has 1 aliphatic rings. The van der Waals surface area contributed by atoms with Crippen molar-refractivity contribution in [2.75, 3.05) is 11.4 Å². The summed E-state index contributed by atoms with van der Waals surface area (Å²) in [7, 11) is 0. The van der Waals surface area contributed by atoms with E-state index in [1.807, 2.05) is 54.3 Å². The number of carbonyl (C=O) groups is 1. The minimum atomic E-state index is -0.313. The lowest BCUT2D eigenvalue weighted by Crippen LogP contribution is -2.40. The van der Waals surface area contributed by atoms with Gasteiger partial charge in [0, 0.05) is 22.3 Å². The van der Waals surface area contributed by atoms with Gasteiger partial charge >= 0.3 is 0 Å². The van der Waals surface area contributed by atoms with Crippen LogP contribution in [-0.4, -0.2) is 27.9 Å². The minimum absolute atomic E-state index is 0.0642. The lowest BCUT2D eigenvalue weighted by Gasteiger charge is -2.31. The van der Waals surface area contributed by atoms with Crippen LogP contribution in [0.2, 0.25) is 0 Å². The summed E-state index contributed by atoms with van der Waals surface area (Å²) in [5, 5.41) is 8.29. The smallest absolute Gasteiger partial charge is 0.277 e. The van der Waals surface area contributed by atoms with Crippen molar-refractivity contribution < 1.29 is 9.21 Å². The van der Waals surface area contributed by atoms with Crippen LogP contribution in [-0.2, 0) is 11.2 Å². The zero-order valence-corrected chi connectivity index (χ0v) is 17.2. The highest BCUT2D eigenvalue weighted by Gasteiger charge is 2.28. The van der Waals surface area contributed by atoms with Gasteiger partial charge in [-0.25, -0.2) is 0 Å². The van der Waals surface area contributed by atoms with Crippen LogP contribution >= 0.6 is 27.7 Å². The second-order valence-electron chi connectivity index (χ2n) is 6.37. The number of thioether (sulfide) groups is 1. The highest BCUT2D eigenvalue weighted by atomic mass is 79.9. The van der Waals surface area contributed by atoms with Gasteiger partial charge in [0.25, 0.3) is 5.22 Å². The number of benzene rings is 2. The molecule has 27 heavy (non-hydrogen) atoms. The summed E-state index contributed by atoms with van der Waals surface area (Å²) in [6.45, 7) is 2.63. The topological polar surface area (TPSA) is 59.2 Å². The Morgan fingerprint density at radius 1 is 1.22 bits per heavy atom. The van der Waals surface area contributed by atoms with E-state index in [-0.39, 0.29) is 11.2 Å². The first-order chi connectivity index (χ1) is 13.1. The molecule has 0 radical (unpaired) electrons. The number of halogens is 1. The standard InChI is InChI=1S/C20H18BrN3O2S/c1-13(19(25)24-11-5-8-14-6-2-3-10-17(14)24)27-20-23-22-18(26-20)15-7-4-9-16(21)12-15/h2-4,6-7,9-10,12-13H,5,8,11H2,1H3. The van der Waals surface area contributed by atoms with Crippen molar-refractivity contribution in [1.82, 2.24) is 10.2 Å². The molecule has 0 saturated heterocycles. The Hall–Kier alpha value is -2.12. The van der Waals surface area contributed by atoms with Gasteiger partial charge in [-0.3, -0.25) is 4.79 Å². The predicted octanol–water partition coefficient (Wildman–Crippen LogP) is 4.96. The Morgan fingerprint density at radius 3 is 2.93 bits per heavy atom. The number of fused-ring (bicyclic) bond motifs is 1. The molecule has 0 bridgehead atoms. The fourth-order valence-electron chi connectivity index (χ4n) is 3.18. The van der Waals surface area contributed by atoms with Gasteiger partial charge in [-0.05, 0) is 49.6 Å². The fourth-order valence-corrected chi connectivity index (χ4v) is 4.32. The normalized spacial score (nSPS) is 14.7. The van der Waals surface area contributed by atoms with Crippen LogP contribution in [0.3, 0.4) is 0 Å². The van der Waals surface area contributed by atoms with E-state index in [0.29, 0.717) is 11.1 Å². The number of aryl methyl sites for hydroxylation is 1. The monoisotopic (exact) mass is 443 g/mol. The van der Waals surface area contributed by atoms with Crippen molar-refractivity contribution in [3.63, 3.8) is 0 Å². The summed E-state index contributed by atoms with van der Waals surface area (Å²) >= 11 is 4.73.